The smallest absolute Gasteiger partial charge is 0.261 e. The Morgan fingerprint density at radius 3 is 2.29 bits per heavy atom. The van der Waals surface area contributed by atoms with Gasteiger partial charge in [0.05, 0.1) is 17.2 Å². The van der Waals surface area contributed by atoms with Crippen LogP contribution in [0.2, 0.25) is 0 Å². The van der Waals surface area contributed by atoms with Gasteiger partial charge in [-0.1, -0.05) is 29.8 Å². The van der Waals surface area contributed by atoms with E-state index >= 15 is 0 Å². The highest BCUT2D eigenvalue weighted by Gasteiger charge is 2.33. The molecule has 0 saturated heterocycles. The Labute approximate surface area is 140 Å². The quantitative estimate of drug-likeness (QED) is 0.884. The molecule has 1 aliphatic rings. The third-order valence-corrected chi connectivity index (χ3v) is 4.28. The van der Waals surface area contributed by atoms with E-state index in [0.717, 1.165) is 16.0 Å². The molecular weight excluding hydrogens is 304 g/mol. The molecule has 0 aliphatic carbocycles. The van der Waals surface area contributed by atoms with Crippen LogP contribution in [0.25, 0.3) is 0 Å². The van der Waals surface area contributed by atoms with E-state index in [4.69, 9.17) is 0 Å². The molecule has 24 heavy (non-hydrogen) atoms. The summed E-state index contributed by atoms with van der Waals surface area (Å²) in [6.07, 6.45) is 0. The summed E-state index contributed by atoms with van der Waals surface area (Å²) in [7, 11) is 1.43. The van der Waals surface area contributed by atoms with Crippen molar-refractivity contribution in [1.82, 2.24) is 10.2 Å². The molecule has 0 saturated carbocycles. The topological polar surface area (TPSA) is 66.5 Å². The summed E-state index contributed by atoms with van der Waals surface area (Å²) in [5.74, 6) is -0.994. The molecule has 2 aromatic carbocycles. The molecule has 0 bridgehead atoms. The molecule has 1 heterocycles. The van der Waals surface area contributed by atoms with Gasteiger partial charge in [-0.25, -0.2) is 0 Å². The zero-order chi connectivity index (χ0) is 17.4. The van der Waals surface area contributed by atoms with E-state index in [2.05, 4.69) is 5.32 Å². The second-order valence-corrected chi connectivity index (χ2v) is 6.04. The first-order chi connectivity index (χ1) is 11.4. The van der Waals surface area contributed by atoms with Crippen LogP contribution in [0.1, 0.15) is 55.2 Å². The van der Waals surface area contributed by atoms with Gasteiger partial charge in [-0.15, -0.1) is 0 Å². The van der Waals surface area contributed by atoms with E-state index in [1.54, 1.807) is 6.07 Å². The summed E-state index contributed by atoms with van der Waals surface area (Å²) in [6.45, 7) is 3.91. The van der Waals surface area contributed by atoms with Crippen molar-refractivity contribution in [2.75, 3.05) is 7.05 Å². The summed E-state index contributed by atoms with van der Waals surface area (Å²) in [5, 5.41) is 2.91. The highest BCUT2D eigenvalue weighted by molar-refractivity contribution is 6.21. The van der Waals surface area contributed by atoms with Gasteiger partial charge in [0.1, 0.15) is 0 Å². The van der Waals surface area contributed by atoms with Crippen LogP contribution in [0, 0.1) is 6.92 Å². The van der Waals surface area contributed by atoms with Gasteiger partial charge in [-0.05, 0) is 37.6 Å². The van der Waals surface area contributed by atoms with Crippen LogP contribution in [0.5, 0.6) is 0 Å². The predicted molar refractivity (Wildman–Crippen MR) is 89.9 cm³/mol. The Balaban J connectivity index is 1.80. The van der Waals surface area contributed by atoms with E-state index in [0.29, 0.717) is 11.1 Å². The number of carbonyl (C=O) groups is 3. The molecular formula is C19H18N2O3. The molecule has 5 nitrogen and oxygen atoms in total. The fraction of sp³-hybridized carbons (Fsp3) is 0.211. The number of hydrogen-bond acceptors (Lipinski definition) is 3. The monoisotopic (exact) mass is 322 g/mol. The lowest BCUT2D eigenvalue weighted by atomic mass is 10.0. The largest absolute Gasteiger partial charge is 0.346 e. The highest BCUT2D eigenvalue weighted by atomic mass is 16.2. The summed E-state index contributed by atoms with van der Waals surface area (Å²) in [5.41, 5.74) is 3.14. The molecule has 3 amide bonds. The Kier molecular flexibility index (Phi) is 3.93. The molecule has 2 aromatic rings. The van der Waals surface area contributed by atoms with Crippen molar-refractivity contribution in [3.8, 4) is 0 Å². The first kappa shape index (κ1) is 15.9. The number of nitrogens with one attached hydrogen (secondary N) is 1. The van der Waals surface area contributed by atoms with E-state index < -0.39 is 0 Å². The van der Waals surface area contributed by atoms with Crippen LogP contribution in [-0.2, 0) is 0 Å². The first-order valence-corrected chi connectivity index (χ1v) is 7.72. The van der Waals surface area contributed by atoms with Crippen molar-refractivity contribution >= 4 is 17.7 Å². The van der Waals surface area contributed by atoms with Gasteiger partial charge in [0, 0.05) is 12.6 Å². The Morgan fingerprint density at radius 2 is 1.62 bits per heavy atom. The summed E-state index contributed by atoms with van der Waals surface area (Å²) < 4.78 is 0. The lowest BCUT2D eigenvalue weighted by molar-refractivity contribution is 0.0693. The fourth-order valence-corrected chi connectivity index (χ4v) is 2.72. The molecule has 0 spiro atoms. The zero-order valence-electron chi connectivity index (χ0n) is 13.8. The number of fused-ring (bicyclic) bond motifs is 1. The molecule has 122 valence electrons. The minimum absolute atomic E-state index is 0.161. The normalized spacial score (nSPS) is 14.5. The van der Waals surface area contributed by atoms with E-state index in [9.17, 15) is 14.4 Å². The Bertz CT molecular complexity index is 840. The van der Waals surface area contributed by atoms with E-state index in [-0.39, 0.29) is 29.3 Å². The minimum Gasteiger partial charge on any atom is -0.346 e. The van der Waals surface area contributed by atoms with Crippen LogP contribution in [0.4, 0.5) is 0 Å². The third kappa shape index (κ3) is 2.69. The Morgan fingerprint density at radius 1 is 1.00 bits per heavy atom. The third-order valence-electron chi connectivity index (χ3n) is 4.28. The van der Waals surface area contributed by atoms with Gasteiger partial charge < -0.3 is 5.32 Å². The molecule has 1 aliphatic heterocycles. The molecule has 0 fully saturated rings. The summed E-state index contributed by atoms with van der Waals surface area (Å²) in [4.78, 5) is 37.4. The fourth-order valence-electron chi connectivity index (χ4n) is 2.72. The van der Waals surface area contributed by atoms with Gasteiger partial charge >= 0.3 is 0 Å². The number of rotatable bonds is 3. The van der Waals surface area contributed by atoms with E-state index in [1.165, 1.54) is 19.2 Å². The van der Waals surface area contributed by atoms with Crippen LogP contribution < -0.4 is 5.32 Å². The number of aryl methyl sites for hydroxylation is 1. The molecule has 1 atom stereocenters. The maximum Gasteiger partial charge on any atom is 0.261 e. The molecule has 0 aromatic heterocycles. The molecule has 3 rings (SSSR count). The Hall–Kier alpha value is -2.95. The number of nitrogens with zero attached hydrogens (tertiary/aromatic N) is 1. The van der Waals surface area contributed by atoms with Crippen LogP contribution >= 0.6 is 0 Å². The first-order valence-electron chi connectivity index (χ1n) is 7.72. The maximum atomic E-state index is 12.4. The average molecular weight is 322 g/mol. The van der Waals surface area contributed by atoms with Gasteiger partial charge in [-0.2, -0.15) is 0 Å². The van der Waals surface area contributed by atoms with Crippen molar-refractivity contribution in [3.05, 3.63) is 70.3 Å². The van der Waals surface area contributed by atoms with Gasteiger partial charge in [-0.3, -0.25) is 19.3 Å². The van der Waals surface area contributed by atoms with Crippen molar-refractivity contribution < 1.29 is 14.4 Å². The number of hydrogen-bond donors (Lipinski definition) is 1. The van der Waals surface area contributed by atoms with Crippen molar-refractivity contribution in [2.45, 2.75) is 19.9 Å². The zero-order valence-corrected chi connectivity index (χ0v) is 13.8. The second-order valence-electron chi connectivity index (χ2n) is 6.04. The highest BCUT2D eigenvalue weighted by Crippen LogP contribution is 2.23. The SMILES string of the molecule is Cc1ccc(C(C)NC(=O)c2ccc3c(c2)C(=O)N(C)C3=O)cc1. The molecule has 0 radical (unpaired) electrons. The number of imide groups is 1. The van der Waals surface area contributed by atoms with Crippen molar-refractivity contribution in [1.29, 1.82) is 0 Å². The second kappa shape index (κ2) is 5.92. The van der Waals surface area contributed by atoms with Gasteiger partial charge in [0.15, 0.2) is 0 Å². The van der Waals surface area contributed by atoms with Crippen LogP contribution in [0.15, 0.2) is 42.5 Å². The molecule has 5 heteroatoms. The van der Waals surface area contributed by atoms with Crippen LogP contribution in [-0.4, -0.2) is 29.7 Å². The van der Waals surface area contributed by atoms with Gasteiger partial charge in [0.25, 0.3) is 17.7 Å². The lowest BCUT2D eigenvalue weighted by Crippen LogP contribution is -2.27. The van der Waals surface area contributed by atoms with Crippen molar-refractivity contribution in [2.24, 2.45) is 0 Å². The predicted octanol–water partition coefficient (Wildman–Crippen LogP) is 2.71. The maximum absolute atomic E-state index is 12.4. The van der Waals surface area contributed by atoms with Crippen LogP contribution in [0.3, 0.4) is 0 Å². The molecule has 1 unspecified atom stereocenters. The van der Waals surface area contributed by atoms with E-state index in [1.807, 2.05) is 38.1 Å². The van der Waals surface area contributed by atoms with Gasteiger partial charge in [0.2, 0.25) is 0 Å². The summed E-state index contributed by atoms with van der Waals surface area (Å²) in [6, 6.07) is 12.4. The average Bonchev–Trinajstić information content (AvgIpc) is 2.79. The van der Waals surface area contributed by atoms with Crippen molar-refractivity contribution in [3.63, 3.8) is 0 Å². The molecule has 1 N–H and O–H groups in total. The number of carbonyl (C=O) groups excluding carboxylic acids is 3. The summed E-state index contributed by atoms with van der Waals surface area (Å²) >= 11 is 0. The number of benzene rings is 2. The lowest BCUT2D eigenvalue weighted by Gasteiger charge is -2.15. The standard InChI is InChI=1S/C19H18N2O3/c1-11-4-6-13(7-5-11)12(2)20-17(22)14-8-9-15-16(10-14)19(24)21(3)18(15)23/h4-10,12H,1-3H3,(H,20,22). The number of amides is 3. The minimum atomic E-state index is -0.378.